The van der Waals surface area contributed by atoms with Crippen LogP contribution in [0.1, 0.15) is 103 Å². The molecule has 0 aliphatic carbocycles. The van der Waals surface area contributed by atoms with Crippen LogP contribution in [0.2, 0.25) is 0 Å². The summed E-state index contributed by atoms with van der Waals surface area (Å²) in [6, 6.07) is 12.6. The highest BCUT2D eigenvalue weighted by atomic mass is 14.9. The van der Waals surface area contributed by atoms with Gasteiger partial charge in [0.2, 0.25) is 0 Å². The third kappa shape index (κ3) is 16.1. The summed E-state index contributed by atoms with van der Waals surface area (Å²) in [6.45, 7) is 2.29. The number of aryl methyl sites for hydroxylation is 2. The van der Waals surface area contributed by atoms with Gasteiger partial charge in [-0.15, -0.1) is 0 Å². The second-order valence-electron chi connectivity index (χ2n) is 9.28. The highest BCUT2D eigenvalue weighted by molar-refractivity contribution is 5.25. The van der Waals surface area contributed by atoms with Crippen molar-refractivity contribution in [2.24, 2.45) is 0 Å². The summed E-state index contributed by atoms with van der Waals surface area (Å²) in [4.78, 5) is 0. The van der Waals surface area contributed by atoms with Crippen molar-refractivity contribution in [3.8, 4) is 23.7 Å². The van der Waals surface area contributed by atoms with Gasteiger partial charge >= 0.3 is 0 Å². The number of nitrogens with zero attached hydrogens (tertiary/aromatic N) is 2. The van der Waals surface area contributed by atoms with E-state index in [0.29, 0.717) is 0 Å². The zero-order chi connectivity index (χ0) is 23.8. The number of rotatable bonds is 18. The van der Waals surface area contributed by atoms with Crippen LogP contribution in [-0.2, 0) is 13.1 Å². The van der Waals surface area contributed by atoms with E-state index in [1.54, 1.807) is 0 Å². The third-order valence-corrected chi connectivity index (χ3v) is 6.23. The molecule has 0 atom stereocenters. The minimum atomic E-state index is 1.00. The Kier molecular flexibility index (Phi) is 17.1. The summed E-state index contributed by atoms with van der Waals surface area (Å²) >= 11 is 0. The molecule has 182 valence electrons. The average Bonchev–Trinajstić information content (AvgIpc) is 2.88. The summed E-state index contributed by atoms with van der Waals surface area (Å²) < 4.78 is 4.55. The molecule has 0 spiro atoms. The molecule has 2 aromatic rings. The van der Waals surface area contributed by atoms with Crippen molar-refractivity contribution < 1.29 is 9.13 Å². The standard InChI is InChI=1S/C32H46N2/c1(3-5-7-9-11-13-15-17-21-27-33-29-23-19-24-30-33)2-4-6-8-10-12-14-16-18-22-28-34-31-25-20-26-32-34/h19-20,23-26,29-32H,5-18,21-22,27-28H2/q+2. The topological polar surface area (TPSA) is 7.76 Å². The zero-order valence-corrected chi connectivity index (χ0v) is 21.4. The molecule has 0 aromatic carbocycles. The van der Waals surface area contributed by atoms with Gasteiger partial charge in [0.05, 0.1) is 0 Å². The fourth-order valence-electron chi connectivity index (χ4n) is 4.16. The molecule has 0 saturated carbocycles. The maximum absolute atomic E-state index is 3.23. The first-order chi connectivity index (χ1) is 16.9. The molecule has 0 saturated heterocycles. The summed E-state index contributed by atoms with van der Waals surface area (Å²) in [6.07, 6.45) is 29.1. The van der Waals surface area contributed by atoms with Gasteiger partial charge in [-0.2, -0.15) is 0 Å². The Labute approximate surface area is 209 Å². The summed E-state index contributed by atoms with van der Waals surface area (Å²) in [5, 5.41) is 0. The van der Waals surface area contributed by atoms with Crippen LogP contribution < -0.4 is 9.13 Å². The van der Waals surface area contributed by atoms with Crippen LogP contribution in [0, 0.1) is 23.7 Å². The lowest BCUT2D eigenvalue weighted by molar-refractivity contribution is -0.697. The number of pyridine rings is 2. The molecule has 2 aromatic heterocycles. The third-order valence-electron chi connectivity index (χ3n) is 6.23. The Morgan fingerprint density at radius 2 is 0.676 bits per heavy atom. The monoisotopic (exact) mass is 458 g/mol. The number of hydrogen-bond acceptors (Lipinski definition) is 0. The fourth-order valence-corrected chi connectivity index (χ4v) is 4.16. The molecule has 34 heavy (non-hydrogen) atoms. The summed E-state index contributed by atoms with van der Waals surface area (Å²) in [5.74, 6) is 12.5. The van der Waals surface area contributed by atoms with Crippen LogP contribution in [-0.4, -0.2) is 0 Å². The van der Waals surface area contributed by atoms with Crippen molar-refractivity contribution in [2.45, 2.75) is 116 Å². The first-order valence-electron chi connectivity index (χ1n) is 13.8. The molecule has 0 amide bonds. The van der Waals surface area contributed by atoms with E-state index in [9.17, 15) is 0 Å². The normalized spacial score (nSPS) is 10.2. The van der Waals surface area contributed by atoms with E-state index in [2.05, 4.69) is 94.0 Å². The number of aromatic nitrogens is 2. The van der Waals surface area contributed by atoms with Gasteiger partial charge < -0.3 is 0 Å². The van der Waals surface area contributed by atoms with Crippen LogP contribution in [0.4, 0.5) is 0 Å². The van der Waals surface area contributed by atoms with Crippen molar-refractivity contribution in [1.29, 1.82) is 0 Å². The first kappa shape index (κ1) is 27.7. The van der Waals surface area contributed by atoms with Crippen molar-refractivity contribution >= 4 is 0 Å². The smallest absolute Gasteiger partial charge is 0.168 e. The molecule has 0 aliphatic rings. The lowest BCUT2D eigenvalue weighted by atomic mass is 10.1. The Morgan fingerprint density at radius 1 is 0.353 bits per heavy atom. The van der Waals surface area contributed by atoms with E-state index >= 15 is 0 Å². The lowest BCUT2D eigenvalue weighted by Crippen LogP contribution is -2.32. The van der Waals surface area contributed by atoms with Crippen molar-refractivity contribution in [3.05, 3.63) is 61.2 Å². The van der Waals surface area contributed by atoms with Gasteiger partial charge in [0.25, 0.3) is 0 Å². The SMILES string of the molecule is C(C#CCCCCCCCCC[n+]1ccccc1)#CCCCCCCCCC[n+]1ccccc1. The molecule has 0 aliphatic heterocycles. The second-order valence-corrected chi connectivity index (χ2v) is 9.28. The predicted molar refractivity (Wildman–Crippen MR) is 143 cm³/mol. The van der Waals surface area contributed by atoms with Crippen molar-refractivity contribution in [2.75, 3.05) is 0 Å². The van der Waals surface area contributed by atoms with Gasteiger partial charge in [-0.25, -0.2) is 9.13 Å². The van der Waals surface area contributed by atoms with Gasteiger partial charge in [-0.05, 0) is 37.5 Å². The zero-order valence-electron chi connectivity index (χ0n) is 21.4. The van der Waals surface area contributed by atoms with Crippen molar-refractivity contribution in [3.63, 3.8) is 0 Å². The average molecular weight is 459 g/mol. The Balaban J connectivity index is 1.28. The van der Waals surface area contributed by atoms with Gasteiger partial charge in [0.1, 0.15) is 13.1 Å². The van der Waals surface area contributed by atoms with Gasteiger partial charge in [0, 0.05) is 49.9 Å². The fraction of sp³-hybridized carbons (Fsp3) is 0.562. The quantitative estimate of drug-likeness (QED) is 0.127. The summed E-state index contributed by atoms with van der Waals surface area (Å²) in [7, 11) is 0. The molecule has 2 nitrogen and oxygen atoms in total. The first-order valence-corrected chi connectivity index (χ1v) is 13.8. The molecular formula is C32H46N2+2. The highest BCUT2D eigenvalue weighted by Gasteiger charge is 1.98. The minimum absolute atomic E-state index is 1.00. The van der Waals surface area contributed by atoms with Crippen LogP contribution in [0.5, 0.6) is 0 Å². The Hall–Kier alpha value is -2.58. The van der Waals surface area contributed by atoms with E-state index in [4.69, 9.17) is 0 Å². The highest BCUT2D eigenvalue weighted by Crippen LogP contribution is 2.09. The van der Waals surface area contributed by atoms with E-state index in [1.807, 2.05) is 0 Å². The molecule has 0 bridgehead atoms. The largest absolute Gasteiger partial charge is 0.205 e. The molecule has 0 fully saturated rings. The molecule has 2 heterocycles. The van der Waals surface area contributed by atoms with Crippen LogP contribution in [0.3, 0.4) is 0 Å². The molecule has 0 N–H and O–H groups in total. The van der Waals surface area contributed by atoms with Gasteiger partial charge in [-0.3, -0.25) is 0 Å². The Bertz CT molecular complexity index is 763. The van der Waals surface area contributed by atoms with E-state index < -0.39 is 0 Å². The Morgan fingerprint density at radius 3 is 1.06 bits per heavy atom. The minimum Gasteiger partial charge on any atom is -0.205 e. The molecule has 0 unspecified atom stereocenters. The van der Waals surface area contributed by atoms with Gasteiger partial charge in [-0.1, -0.05) is 75.3 Å². The van der Waals surface area contributed by atoms with E-state index in [-0.39, 0.29) is 0 Å². The number of unbranched alkanes of at least 4 members (excludes halogenated alkanes) is 14. The second kappa shape index (κ2) is 21.0. The van der Waals surface area contributed by atoms with Crippen LogP contribution in [0.15, 0.2) is 61.2 Å². The van der Waals surface area contributed by atoms with Crippen molar-refractivity contribution in [1.82, 2.24) is 0 Å². The molecular weight excluding hydrogens is 412 g/mol. The number of hydrogen-bond donors (Lipinski definition) is 0. The van der Waals surface area contributed by atoms with E-state index in [1.165, 1.54) is 89.9 Å². The molecule has 2 rings (SSSR count). The maximum atomic E-state index is 3.23. The van der Waals surface area contributed by atoms with Crippen LogP contribution >= 0.6 is 0 Å². The van der Waals surface area contributed by atoms with Gasteiger partial charge in [0.15, 0.2) is 24.8 Å². The summed E-state index contributed by atoms with van der Waals surface area (Å²) in [5.41, 5.74) is 0. The lowest BCUT2D eigenvalue weighted by Gasteiger charge is -2.00. The maximum Gasteiger partial charge on any atom is 0.168 e. The van der Waals surface area contributed by atoms with E-state index in [0.717, 1.165) is 25.9 Å². The van der Waals surface area contributed by atoms with Crippen LogP contribution in [0.25, 0.3) is 0 Å². The predicted octanol–water partition coefficient (Wildman–Crippen LogP) is 7.21. The molecule has 0 radical (unpaired) electrons. The molecule has 2 heteroatoms.